The monoisotopic (exact) mass is 306 g/mol. The minimum atomic E-state index is -0.777. The molecule has 3 rings (SSSR count). The van der Waals surface area contributed by atoms with Gasteiger partial charge in [-0.15, -0.1) is 0 Å². The number of phenolic OH excluding ortho intramolecular Hbond substituents is 1. The Hall–Kier alpha value is -2.26. The number of aromatic nitrogens is 2. The fraction of sp³-hybridized carbons (Fsp3) is 0.286. The van der Waals surface area contributed by atoms with Crippen LogP contribution in [0.2, 0.25) is 5.02 Å². The number of aromatic hydroxyl groups is 1. The predicted octanol–water partition coefficient (Wildman–Crippen LogP) is 3.27. The van der Waals surface area contributed by atoms with Gasteiger partial charge < -0.3 is 10.4 Å². The summed E-state index contributed by atoms with van der Waals surface area (Å²) in [5.74, 6) is -0.456. The molecule has 1 aliphatic rings. The van der Waals surface area contributed by atoms with Crippen molar-refractivity contribution in [2.45, 2.75) is 25.3 Å². The number of rotatable bonds is 4. The summed E-state index contributed by atoms with van der Waals surface area (Å²) in [6.07, 6.45) is 2.10. The molecule has 0 aliphatic heterocycles. The molecule has 7 heteroatoms. The highest BCUT2D eigenvalue weighted by Crippen LogP contribution is 2.41. The molecule has 0 unspecified atom stereocenters. The van der Waals surface area contributed by atoms with Crippen molar-refractivity contribution in [3.8, 4) is 11.8 Å². The SMILES string of the molecule is N#Cc1c(NCc2cc(Cl)cc(F)c2O)n[nH]c1C1CC1. The summed E-state index contributed by atoms with van der Waals surface area (Å²) in [7, 11) is 0. The van der Waals surface area contributed by atoms with Gasteiger partial charge in [0.05, 0.1) is 5.69 Å². The highest BCUT2D eigenvalue weighted by atomic mass is 35.5. The average molecular weight is 307 g/mol. The largest absolute Gasteiger partial charge is 0.505 e. The van der Waals surface area contributed by atoms with Gasteiger partial charge in [0, 0.05) is 23.0 Å². The van der Waals surface area contributed by atoms with Crippen LogP contribution in [-0.4, -0.2) is 15.3 Å². The van der Waals surface area contributed by atoms with E-state index in [0.717, 1.165) is 24.6 Å². The van der Waals surface area contributed by atoms with Gasteiger partial charge in [0.15, 0.2) is 17.4 Å². The number of hydrogen-bond acceptors (Lipinski definition) is 4. The van der Waals surface area contributed by atoms with Crippen molar-refractivity contribution >= 4 is 17.4 Å². The Morgan fingerprint density at radius 3 is 2.95 bits per heavy atom. The van der Waals surface area contributed by atoms with E-state index in [2.05, 4.69) is 21.6 Å². The Morgan fingerprint density at radius 1 is 1.52 bits per heavy atom. The third-order valence-electron chi connectivity index (χ3n) is 3.45. The number of nitriles is 1. The summed E-state index contributed by atoms with van der Waals surface area (Å²) in [5.41, 5.74) is 1.61. The van der Waals surface area contributed by atoms with Crippen LogP contribution >= 0.6 is 11.6 Å². The first kappa shape index (κ1) is 13.7. The van der Waals surface area contributed by atoms with Gasteiger partial charge in [-0.2, -0.15) is 10.4 Å². The van der Waals surface area contributed by atoms with E-state index < -0.39 is 11.6 Å². The zero-order chi connectivity index (χ0) is 15.0. The lowest BCUT2D eigenvalue weighted by Gasteiger charge is -2.07. The first-order valence-electron chi connectivity index (χ1n) is 6.49. The molecule has 1 saturated carbocycles. The lowest BCUT2D eigenvalue weighted by Crippen LogP contribution is -2.02. The number of hydrogen-bond donors (Lipinski definition) is 3. The van der Waals surface area contributed by atoms with Crippen LogP contribution < -0.4 is 5.32 Å². The van der Waals surface area contributed by atoms with Crippen molar-refractivity contribution in [1.29, 1.82) is 5.26 Å². The van der Waals surface area contributed by atoms with Gasteiger partial charge in [-0.3, -0.25) is 5.10 Å². The molecule has 0 bridgehead atoms. The molecule has 0 atom stereocenters. The summed E-state index contributed by atoms with van der Waals surface area (Å²) in [4.78, 5) is 0. The molecule has 2 aromatic rings. The molecule has 0 spiro atoms. The molecule has 0 amide bonds. The fourth-order valence-electron chi connectivity index (χ4n) is 2.20. The number of halogens is 2. The van der Waals surface area contributed by atoms with Crippen LogP contribution in [0.1, 0.15) is 35.6 Å². The van der Waals surface area contributed by atoms with Crippen molar-refractivity contribution in [3.63, 3.8) is 0 Å². The minimum absolute atomic E-state index is 0.118. The van der Waals surface area contributed by atoms with Crippen molar-refractivity contribution < 1.29 is 9.50 Å². The number of benzene rings is 1. The maximum atomic E-state index is 13.4. The molecule has 108 valence electrons. The third kappa shape index (κ3) is 2.65. The number of H-pyrrole nitrogens is 1. The summed E-state index contributed by atoms with van der Waals surface area (Å²) >= 11 is 5.76. The molecule has 0 saturated heterocycles. The van der Waals surface area contributed by atoms with Gasteiger partial charge in [-0.05, 0) is 25.0 Å². The number of nitrogens with zero attached hydrogens (tertiary/aromatic N) is 2. The molecule has 1 heterocycles. The van der Waals surface area contributed by atoms with Crippen LogP contribution in [0.25, 0.3) is 0 Å². The summed E-state index contributed by atoms with van der Waals surface area (Å²) in [6, 6.07) is 4.63. The quantitative estimate of drug-likeness (QED) is 0.809. The van der Waals surface area contributed by atoms with E-state index in [0.29, 0.717) is 22.9 Å². The lowest BCUT2D eigenvalue weighted by molar-refractivity contribution is 0.427. The molecular formula is C14H12ClFN4O. The maximum absolute atomic E-state index is 13.4. The normalized spacial score (nSPS) is 14.0. The van der Waals surface area contributed by atoms with Crippen LogP contribution in [0, 0.1) is 17.1 Å². The molecular weight excluding hydrogens is 295 g/mol. The van der Waals surface area contributed by atoms with E-state index in [4.69, 9.17) is 11.6 Å². The molecule has 1 aliphatic carbocycles. The van der Waals surface area contributed by atoms with Gasteiger partial charge in [0.1, 0.15) is 11.6 Å². The Labute approximate surface area is 125 Å². The topological polar surface area (TPSA) is 84.7 Å². The van der Waals surface area contributed by atoms with E-state index >= 15 is 0 Å². The molecule has 1 aromatic carbocycles. The molecule has 0 radical (unpaired) electrons. The highest BCUT2D eigenvalue weighted by molar-refractivity contribution is 6.30. The standard InChI is InChI=1S/C14H12ClFN4O/c15-9-3-8(13(21)11(16)4-9)6-18-14-10(5-17)12(19-20-14)7-1-2-7/h3-4,7,21H,1-2,6H2,(H2,18,19,20). The second-order valence-corrected chi connectivity index (χ2v) is 5.43. The highest BCUT2D eigenvalue weighted by Gasteiger charge is 2.29. The van der Waals surface area contributed by atoms with Crippen molar-refractivity contribution in [2.24, 2.45) is 0 Å². The fourth-order valence-corrected chi connectivity index (χ4v) is 2.42. The smallest absolute Gasteiger partial charge is 0.166 e. The molecule has 21 heavy (non-hydrogen) atoms. The van der Waals surface area contributed by atoms with E-state index in [-0.39, 0.29) is 11.6 Å². The second-order valence-electron chi connectivity index (χ2n) is 5.00. The third-order valence-corrected chi connectivity index (χ3v) is 3.66. The number of nitrogens with one attached hydrogen (secondary N) is 2. The van der Waals surface area contributed by atoms with E-state index in [1.807, 2.05) is 0 Å². The average Bonchev–Trinajstić information content (AvgIpc) is 3.21. The Morgan fingerprint density at radius 2 is 2.29 bits per heavy atom. The molecule has 1 fully saturated rings. The van der Waals surface area contributed by atoms with Crippen LogP contribution in [0.5, 0.6) is 5.75 Å². The molecule has 5 nitrogen and oxygen atoms in total. The van der Waals surface area contributed by atoms with Gasteiger partial charge in [0.25, 0.3) is 0 Å². The Balaban J connectivity index is 1.81. The van der Waals surface area contributed by atoms with Crippen LogP contribution in [0.4, 0.5) is 10.2 Å². The first-order chi connectivity index (χ1) is 10.1. The Bertz CT molecular complexity index is 733. The lowest BCUT2D eigenvalue weighted by atomic mass is 10.1. The Kier molecular flexibility index (Phi) is 3.43. The minimum Gasteiger partial charge on any atom is -0.505 e. The van der Waals surface area contributed by atoms with Gasteiger partial charge in [0.2, 0.25) is 0 Å². The predicted molar refractivity (Wildman–Crippen MR) is 75.7 cm³/mol. The van der Waals surface area contributed by atoms with Gasteiger partial charge in [-0.1, -0.05) is 11.6 Å². The number of anilines is 1. The van der Waals surface area contributed by atoms with E-state index in [1.165, 1.54) is 6.07 Å². The van der Waals surface area contributed by atoms with Crippen LogP contribution in [-0.2, 0) is 6.54 Å². The van der Waals surface area contributed by atoms with E-state index in [9.17, 15) is 14.8 Å². The molecule has 1 aromatic heterocycles. The van der Waals surface area contributed by atoms with Gasteiger partial charge >= 0.3 is 0 Å². The first-order valence-corrected chi connectivity index (χ1v) is 6.87. The van der Waals surface area contributed by atoms with Crippen molar-refractivity contribution in [2.75, 3.05) is 5.32 Å². The zero-order valence-electron chi connectivity index (χ0n) is 11.0. The number of aromatic amines is 1. The van der Waals surface area contributed by atoms with E-state index in [1.54, 1.807) is 0 Å². The van der Waals surface area contributed by atoms with Crippen molar-refractivity contribution in [1.82, 2.24) is 10.2 Å². The maximum Gasteiger partial charge on any atom is 0.166 e. The number of phenols is 1. The second kappa shape index (κ2) is 5.26. The van der Waals surface area contributed by atoms with Crippen LogP contribution in [0.15, 0.2) is 12.1 Å². The molecule has 3 N–H and O–H groups in total. The van der Waals surface area contributed by atoms with Gasteiger partial charge in [-0.25, -0.2) is 4.39 Å². The summed E-state index contributed by atoms with van der Waals surface area (Å²) in [6.45, 7) is 0.118. The summed E-state index contributed by atoms with van der Waals surface area (Å²) in [5, 5.41) is 28.9. The summed E-state index contributed by atoms with van der Waals surface area (Å²) < 4.78 is 13.4. The van der Waals surface area contributed by atoms with Crippen LogP contribution in [0.3, 0.4) is 0 Å². The van der Waals surface area contributed by atoms with Crippen molar-refractivity contribution in [3.05, 3.63) is 39.8 Å². The zero-order valence-corrected chi connectivity index (χ0v) is 11.7.